The molecule has 2 unspecified atom stereocenters. The van der Waals surface area contributed by atoms with Crippen molar-refractivity contribution in [3.05, 3.63) is 48.6 Å². The molecule has 6 heteroatoms. The number of hydrogen-bond donors (Lipinski definition) is 3. The Morgan fingerprint density at radius 3 is 0.888 bits per heavy atom. The second kappa shape index (κ2) is 78.3. The smallest absolute Gasteiger partial charge is 0.305 e. The van der Waals surface area contributed by atoms with Gasteiger partial charge in [0.15, 0.2) is 0 Å². The Hall–Kier alpha value is -2.18. The van der Waals surface area contributed by atoms with Crippen molar-refractivity contribution in [3.63, 3.8) is 0 Å². The van der Waals surface area contributed by atoms with E-state index in [9.17, 15) is 19.8 Å². The predicted octanol–water partition coefficient (Wildman–Crippen LogP) is 26.8. The van der Waals surface area contributed by atoms with Gasteiger partial charge in [-0.15, -0.1) is 0 Å². The van der Waals surface area contributed by atoms with E-state index in [2.05, 4.69) is 55.6 Å². The molecule has 0 aromatic rings. The van der Waals surface area contributed by atoms with Crippen molar-refractivity contribution < 1.29 is 24.5 Å². The van der Waals surface area contributed by atoms with Gasteiger partial charge in [0.25, 0.3) is 0 Å². The van der Waals surface area contributed by atoms with E-state index in [0.717, 1.165) is 51.4 Å². The molecule has 0 radical (unpaired) electrons. The number of esters is 1. The molecule has 89 heavy (non-hydrogen) atoms. The summed E-state index contributed by atoms with van der Waals surface area (Å²) in [6.07, 6.45) is 104. The van der Waals surface area contributed by atoms with Gasteiger partial charge in [-0.05, 0) is 89.9 Å². The number of aliphatic hydroxyl groups excluding tert-OH is 2. The van der Waals surface area contributed by atoms with Crippen molar-refractivity contribution in [3.8, 4) is 0 Å². The second-order valence-electron chi connectivity index (χ2n) is 27.7. The fraction of sp³-hybridized carbons (Fsp3) is 0.880. The van der Waals surface area contributed by atoms with Gasteiger partial charge in [0.2, 0.25) is 5.91 Å². The zero-order chi connectivity index (χ0) is 64.2. The van der Waals surface area contributed by atoms with Crippen LogP contribution in [0.2, 0.25) is 0 Å². The number of aliphatic hydroxyl groups is 2. The van der Waals surface area contributed by atoms with Gasteiger partial charge in [-0.25, -0.2) is 0 Å². The molecule has 0 aromatic heterocycles. The van der Waals surface area contributed by atoms with Crippen LogP contribution in [-0.4, -0.2) is 47.4 Å². The monoisotopic (exact) mass is 1250 g/mol. The van der Waals surface area contributed by atoms with Crippen LogP contribution in [0.1, 0.15) is 444 Å². The van der Waals surface area contributed by atoms with Crippen LogP contribution in [-0.2, 0) is 14.3 Å². The lowest BCUT2D eigenvalue weighted by atomic mass is 10.0. The molecule has 0 aliphatic carbocycles. The molecule has 524 valence electrons. The molecule has 1 amide bonds. The molecule has 6 nitrogen and oxygen atoms in total. The lowest BCUT2D eigenvalue weighted by Crippen LogP contribution is -2.45. The number of carbonyl (C=O) groups excluding carboxylic acids is 2. The molecule has 0 aliphatic heterocycles. The lowest BCUT2D eigenvalue weighted by Gasteiger charge is -2.20. The Bertz CT molecular complexity index is 1490. The molecule has 0 aliphatic rings. The van der Waals surface area contributed by atoms with Gasteiger partial charge in [0, 0.05) is 12.8 Å². The summed E-state index contributed by atoms with van der Waals surface area (Å²) in [5, 5.41) is 23.3. The van der Waals surface area contributed by atoms with E-state index >= 15 is 0 Å². The number of nitrogens with one attached hydrogen (secondary N) is 1. The lowest BCUT2D eigenvalue weighted by molar-refractivity contribution is -0.143. The van der Waals surface area contributed by atoms with E-state index in [1.54, 1.807) is 6.08 Å². The maximum Gasteiger partial charge on any atom is 0.305 e. The van der Waals surface area contributed by atoms with Gasteiger partial charge in [0.05, 0.1) is 25.4 Å². The Morgan fingerprint density at radius 1 is 0.315 bits per heavy atom. The van der Waals surface area contributed by atoms with E-state index < -0.39 is 12.1 Å². The van der Waals surface area contributed by atoms with Crippen LogP contribution in [0.25, 0.3) is 0 Å². The summed E-state index contributed by atoms with van der Waals surface area (Å²) in [5.41, 5.74) is 0. The first kappa shape index (κ1) is 86.8. The quantitative estimate of drug-likeness (QED) is 0.0320. The van der Waals surface area contributed by atoms with Crippen LogP contribution >= 0.6 is 0 Å². The largest absolute Gasteiger partial charge is 0.466 e. The zero-order valence-corrected chi connectivity index (χ0v) is 60.2. The second-order valence-corrected chi connectivity index (χ2v) is 27.7. The van der Waals surface area contributed by atoms with Crippen molar-refractivity contribution in [2.45, 2.75) is 456 Å². The summed E-state index contributed by atoms with van der Waals surface area (Å²) in [7, 11) is 0. The van der Waals surface area contributed by atoms with Crippen LogP contribution in [0.5, 0.6) is 0 Å². The molecule has 0 rings (SSSR count). The molecule has 2 atom stereocenters. The Labute approximate surface area is 556 Å². The summed E-state index contributed by atoms with van der Waals surface area (Å²) in [5.74, 6) is -0.0501. The summed E-state index contributed by atoms with van der Waals surface area (Å²) in [6.45, 7) is 4.92. The van der Waals surface area contributed by atoms with Gasteiger partial charge in [-0.3, -0.25) is 9.59 Å². The molecule has 3 N–H and O–H groups in total. The molecule has 0 bridgehead atoms. The Balaban J connectivity index is 3.38. The van der Waals surface area contributed by atoms with E-state index in [1.807, 2.05) is 6.08 Å². The number of ether oxygens (including phenoxy) is 1. The third-order valence-corrected chi connectivity index (χ3v) is 18.8. The fourth-order valence-corrected chi connectivity index (χ4v) is 12.7. The van der Waals surface area contributed by atoms with E-state index in [-0.39, 0.29) is 18.5 Å². The molecular weight excluding hydrogens is 1090 g/mol. The van der Waals surface area contributed by atoms with Crippen LogP contribution in [0.4, 0.5) is 0 Å². The first-order chi connectivity index (χ1) is 44.0. The highest BCUT2D eigenvalue weighted by atomic mass is 16.5. The number of amides is 1. The average Bonchev–Trinajstić information content (AvgIpc) is 3.57. The van der Waals surface area contributed by atoms with Crippen molar-refractivity contribution in [1.82, 2.24) is 5.32 Å². The molecule has 0 heterocycles. The third kappa shape index (κ3) is 74.7. The Morgan fingerprint density at radius 2 is 0.562 bits per heavy atom. The number of rotatable bonds is 76. The highest BCUT2D eigenvalue weighted by molar-refractivity contribution is 5.76. The molecule has 0 spiro atoms. The maximum atomic E-state index is 12.6. The molecule has 0 aromatic carbocycles. The number of hydrogen-bond acceptors (Lipinski definition) is 5. The predicted molar refractivity (Wildman–Crippen MR) is 393 cm³/mol. The van der Waals surface area contributed by atoms with E-state index in [4.69, 9.17) is 4.74 Å². The highest BCUT2D eigenvalue weighted by Crippen LogP contribution is 2.19. The maximum absolute atomic E-state index is 12.6. The molecular formula is C83H157NO5. The number of unbranched alkanes of at least 4 members (excludes halogenated alkanes) is 59. The van der Waals surface area contributed by atoms with Crippen LogP contribution in [0.3, 0.4) is 0 Å². The normalized spacial score (nSPS) is 12.7. The highest BCUT2D eigenvalue weighted by Gasteiger charge is 2.18. The number of allylic oxidation sites excluding steroid dienone is 7. The minimum absolute atomic E-state index is 0.0107. The Kier molecular flexibility index (Phi) is 76.3. The van der Waals surface area contributed by atoms with Crippen LogP contribution in [0, 0.1) is 0 Å². The summed E-state index contributed by atoms with van der Waals surface area (Å²) in [4.78, 5) is 24.7. The fourth-order valence-electron chi connectivity index (χ4n) is 12.7. The van der Waals surface area contributed by atoms with E-state index in [1.165, 1.54) is 366 Å². The first-order valence-corrected chi connectivity index (χ1v) is 40.4. The van der Waals surface area contributed by atoms with Crippen molar-refractivity contribution in [1.29, 1.82) is 0 Å². The third-order valence-electron chi connectivity index (χ3n) is 18.8. The summed E-state index contributed by atoms with van der Waals surface area (Å²) >= 11 is 0. The van der Waals surface area contributed by atoms with Crippen LogP contribution < -0.4 is 5.32 Å². The van der Waals surface area contributed by atoms with Crippen molar-refractivity contribution in [2.75, 3.05) is 13.2 Å². The SMILES string of the molecule is CCCCC/C=C\C/C=C\CCCCCCCCCC(=O)OCCCCCCCCCCCCCC/C=C\CCCCCCCCCCCCCCCCCCC(=O)NC(CO)C(O)/C=C/CCCCCCCCCCCCCCCCCCCCCCC. The van der Waals surface area contributed by atoms with E-state index in [0.29, 0.717) is 19.4 Å². The molecule has 0 saturated carbocycles. The first-order valence-electron chi connectivity index (χ1n) is 40.4. The summed E-state index contributed by atoms with van der Waals surface area (Å²) in [6, 6.07) is -0.628. The zero-order valence-electron chi connectivity index (χ0n) is 60.2. The standard InChI is InChI=1S/C83H157NO5/c1-3-5-7-9-11-13-15-17-19-21-22-23-34-37-40-44-47-51-55-59-63-67-71-75-81(86)80(79-85)84-82(87)76-72-68-64-60-56-52-48-45-41-38-35-32-30-28-26-24-25-27-29-31-33-36-39-42-46-50-54-58-62-66-70-74-78-89-83(88)77-73-69-65-61-57-53-49-43-20-18-16-14-12-10-8-6-4-2/h12,14,18,20,27,29,71,75,80-81,85-86H,3-11,13,15-17,19,21-26,28,30-70,72-74,76-79H2,1-2H3,(H,84,87)/b14-12-,20-18-,29-27-,75-71+. The topological polar surface area (TPSA) is 95.9 Å². The summed E-state index contributed by atoms with van der Waals surface area (Å²) < 4.78 is 5.50. The van der Waals surface area contributed by atoms with Crippen molar-refractivity contribution >= 4 is 11.9 Å². The minimum atomic E-state index is -0.845. The van der Waals surface area contributed by atoms with Gasteiger partial charge in [-0.2, -0.15) is 0 Å². The molecule has 0 fully saturated rings. The van der Waals surface area contributed by atoms with Gasteiger partial charge >= 0.3 is 5.97 Å². The minimum Gasteiger partial charge on any atom is -0.466 e. The van der Waals surface area contributed by atoms with Gasteiger partial charge in [-0.1, -0.05) is 390 Å². The number of carbonyl (C=O) groups is 2. The molecule has 0 saturated heterocycles. The average molecular weight is 1250 g/mol. The van der Waals surface area contributed by atoms with Crippen molar-refractivity contribution in [2.24, 2.45) is 0 Å². The van der Waals surface area contributed by atoms with Gasteiger partial charge in [0.1, 0.15) is 0 Å². The van der Waals surface area contributed by atoms with Crippen LogP contribution in [0.15, 0.2) is 48.6 Å². The van der Waals surface area contributed by atoms with Gasteiger partial charge < -0.3 is 20.3 Å².